The van der Waals surface area contributed by atoms with Gasteiger partial charge in [-0.05, 0) is 57.8 Å². The number of allylic oxidation sites excluding steroid dienone is 10. The van der Waals surface area contributed by atoms with Gasteiger partial charge in [0.25, 0.3) is 0 Å². The standard InChI is InChI=1S/C62H111NO13/c1-3-5-7-9-11-13-15-17-18-19-20-21-22-23-24-25-26-27-28-29-30-31-32-34-36-38-40-42-44-46-54(67)63-50(51(66)45-43-41-39-37-35-33-16-14-12-10-8-6-4-2)49-73-61-59(72)57(70)60(53(48-65)75-61)76-62-58(71)56(69)55(68)52(47-64)74-62/h5,7,11,13,17-18,20-21,23-24,50-53,55-62,64-66,68-72H,3-4,6,8-10,12,14-16,19,22,25-49H2,1-2H3,(H,63,67)/b7-5-,13-11-,18-17-,21-20-,24-23-. The number of carbonyl (C=O) groups excluding carboxylic acids is 1. The summed E-state index contributed by atoms with van der Waals surface area (Å²) in [7, 11) is 0. The van der Waals surface area contributed by atoms with E-state index in [1.54, 1.807) is 0 Å². The molecule has 12 unspecified atom stereocenters. The van der Waals surface area contributed by atoms with Crippen molar-refractivity contribution in [2.45, 2.75) is 306 Å². The highest BCUT2D eigenvalue weighted by molar-refractivity contribution is 5.76. The molecule has 2 rings (SSSR count). The molecule has 0 saturated carbocycles. The second-order valence-electron chi connectivity index (χ2n) is 21.5. The molecule has 2 fully saturated rings. The Morgan fingerprint density at radius 3 is 1.39 bits per heavy atom. The normalized spacial score (nSPS) is 25.3. The number of aliphatic hydroxyl groups is 8. The van der Waals surface area contributed by atoms with E-state index in [9.17, 15) is 45.6 Å². The molecule has 2 aliphatic heterocycles. The molecular weight excluding hydrogens is 967 g/mol. The molecule has 0 aromatic rings. The maximum absolute atomic E-state index is 13.3. The third-order valence-electron chi connectivity index (χ3n) is 14.7. The summed E-state index contributed by atoms with van der Waals surface area (Å²) in [5.74, 6) is -0.210. The fourth-order valence-corrected chi connectivity index (χ4v) is 9.85. The van der Waals surface area contributed by atoms with E-state index in [1.807, 2.05) is 0 Å². The van der Waals surface area contributed by atoms with Gasteiger partial charge in [-0.2, -0.15) is 0 Å². The largest absolute Gasteiger partial charge is 0.394 e. The number of carbonyl (C=O) groups is 1. The van der Waals surface area contributed by atoms with Gasteiger partial charge in [-0.15, -0.1) is 0 Å². The van der Waals surface area contributed by atoms with Crippen molar-refractivity contribution in [3.05, 3.63) is 60.8 Å². The Morgan fingerprint density at radius 2 is 0.908 bits per heavy atom. The zero-order chi connectivity index (χ0) is 55.3. The second kappa shape index (κ2) is 47.5. The van der Waals surface area contributed by atoms with Crippen LogP contribution in [0.25, 0.3) is 0 Å². The Hall–Kier alpha value is -2.31. The van der Waals surface area contributed by atoms with Crippen LogP contribution < -0.4 is 5.32 Å². The van der Waals surface area contributed by atoms with Gasteiger partial charge < -0.3 is 65.1 Å². The van der Waals surface area contributed by atoms with Crippen molar-refractivity contribution in [3.8, 4) is 0 Å². The Kier molecular flexibility index (Phi) is 43.6. The van der Waals surface area contributed by atoms with Crippen LogP contribution in [0.4, 0.5) is 0 Å². The van der Waals surface area contributed by atoms with Crippen LogP contribution in [0.1, 0.15) is 232 Å². The monoisotopic (exact) mass is 1080 g/mol. The zero-order valence-electron chi connectivity index (χ0n) is 47.5. The molecule has 0 aromatic carbocycles. The highest BCUT2D eigenvalue weighted by atomic mass is 16.7. The van der Waals surface area contributed by atoms with Crippen LogP contribution in [-0.2, 0) is 23.7 Å². The predicted octanol–water partition coefficient (Wildman–Crippen LogP) is 10.6. The van der Waals surface area contributed by atoms with E-state index in [0.717, 1.165) is 83.5 Å². The molecule has 0 radical (unpaired) electrons. The molecule has 442 valence electrons. The zero-order valence-corrected chi connectivity index (χ0v) is 47.5. The van der Waals surface area contributed by atoms with Crippen LogP contribution in [0.3, 0.4) is 0 Å². The Morgan fingerprint density at radius 1 is 0.487 bits per heavy atom. The quantitative estimate of drug-likeness (QED) is 0.0204. The first-order valence-electron chi connectivity index (χ1n) is 30.5. The number of nitrogens with one attached hydrogen (secondary N) is 1. The smallest absolute Gasteiger partial charge is 0.220 e. The maximum Gasteiger partial charge on any atom is 0.220 e. The lowest BCUT2D eigenvalue weighted by atomic mass is 9.97. The minimum atomic E-state index is -1.78. The minimum Gasteiger partial charge on any atom is -0.394 e. The first kappa shape index (κ1) is 69.8. The molecule has 12 atom stereocenters. The topological polar surface area (TPSA) is 228 Å². The third kappa shape index (κ3) is 32.7. The van der Waals surface area contributed by atoms with Crippen LogP contribution >= 0.6 is 0 Å². The minimum absolute atomic E-state index is 0.210. The number of amides is 1. The summed E-state index contributed by atoms with van der Waals surface area (Å²) < 4.78 is 22.8. The summed E-state index contributed by atoms with van der Waals surface area (Å²) in [6.45, 7) is 2.74. The van der Waals surface area contributed by atoms with E-state index in [0.29, 0.717) is 12.8 Å². The van der Waals surface area contributed by atoms with Crippen molar-refractivity contribution in [2.75, 3.05) is 19.8 Å². The third-order valence-corrected chi connectivity index (χ3v) is 14.7. The van der Waals surface area contributed by atoms with Crippen molar-refractivity contribution in [1.29, 1.82) is 0 Å². The van der Waals surface area contributed by atoms with E-state index < -0.39 is 86.8 Å². The van der Waals surface area contributed by atoms with Gasteiger partial charge in [-0.3, -0.25) is 4.79 Å². The molecule has 1 amide bonds. The number of ether oxygens (including phenoxy) is 4. The number of aliphatic hydroxyl groups excluding tert-OH is 8. The Bertz CT molecular complexity index is 1510. The fraction of sp³-hybridized carbons (Fsp3) is 0.823. The predicted molar refractivity (Wildman–Crippen MR) is 304 cm³/mol. The Balaban J connectivity index is 1.68. The van der Waals surface area contributed by atoms with Crippen molar-refractivity contribution in [2.24, 2.45) is 0 Å². The average Bonchev–Trinajstić information content (AvgIpc) is 3.42. The molecule has 14 nitrogen and oxygen atoms in total. The second-order valence-corrected chi connectivity index (χ2v) is 21.5. The summed E-state index contributed by atoms with van der Waals surface area (Å²) in [4.78, 5) is 13.3. The first-order chi connectivity index (χ1) is 37.1. The number of rotatable bonds is 48. The van der Waals surface area contributed by atoms with Gasteiger partial charge in [0.15, 0.2) is 12.6 Å². The summed E-state index contributed by atoms with van der Waals surface area (Å²) >= 11 is 0. The number of unbranched alkanes of at least 4 members (excludes halogenated alkanes) is 25. The Labute approximate surface area is 460 Å². The van der Waals surface area contributed by atoms with Crippen LogP contribution in [0.15, 0.2) is 60.8 Å². The fourth-order valence-electron chi connectivity index (χ4n) is 9.85. The summed E-state index contributed by atoms with van der Waals surface area (Å²) in [5, 5.41) is 87.2. The first-order valence-corrected chi connectivity index (χ1v) is 30.5. The molecule has 2 heterocycles. The van der Waals surface area contributed by atoms with Crippen molar-refractivity contribution in [1.82, 2.24) is 5.32 Å². The molecule has 0 spiro atoms. The van der Waals surface area contributed by atoms with Crippen LogP contribution in [0.2, 0.25) is 0 Å². The molecule has 0 bridgehead atoms. The molecule has 2 aliphatic rings. The average molecular weight is 1080 g/mol. The lowest BCUT2D eigenvalue weighted by Crippen LogP contribution is -2.65. The molecule has 2 saturated heterocycles. The molecule has 76 heavy (non-hydrogen) atoms. The van der Waals surface area contributed by atoms with Crippen molar-refractivity contribution >= 4 is 5.91 Å². The lowest BCUT2D eigenvalue weighted by molar-refractivity contribution is -0.359. The van der Waals surface area contributed by atoms with Crippen LogP contribution in [0.5, 0.6) is 0 Å². The number of hydrogen-bond acceptors (Lipinski definition) is 13. The molecule has 14 heteroatoms. The molecule has 9 N–H and O–H groups in total. The maximum atomic E-state index is 13.3. The van der Waals surface area contributed by atoms with Gasteiger partial charge in [-0.1, -0.05) is 229 Å². The molecule has 0 aliphatic carbocycles. The van der Waals surface area contributed by atoms with Crippen molar-refractivity contribution < 1.29 is 64.6 Å². The van der Waals surface area contributed by atoms with Crippen LogP contribution in [-0.4, -0.2) is 140 Å². The van der Waals surface area contributed by atoms with Crippen LogP contribution in [0, 0.1) is 0 Å². The van der Waals surface area contributed by atoms with Gasteiger partial charge in [0.2, 0.25) is 5.91 Å². The highest BCUT2D eigenvalue weighted by Gasteiger charge is 2.51. The molecule has 0 aromatic heterocycles. The summed E-state index contributed by atoms with van der Waals surface area (Å²) in [6, 6.07) is -0.831. The highest BCUT2D eigenvalue weighted by Crippen LogP contribution is 2.30. The van der Waals surface area contributed by atoms with Gasteiger partial charge in [0.1, 0.15) is 48.8 Å². The lowest BCUT2D eigenvalue weighted by Gasteiger charge is -2.46. The summed E-state index contributed by atoms with van der Waals surface area (Å²) in [5.41, 5.74) is 0. The van der Waals surface area contributed by atoms with E-state index in [2.05, 4.69) is 79.9 Å². The van der Waals surface area contributed by atoms with Gasteiger partial charge in [0, 0.05) is 6.42 Å². The van der Waals surface area contributed by atoms with E-state index >= 15 is 0 Å². The van der Waals surface area contributed by atoms with E-state index in [1.165, 1.54) is 122 Å². The van der Waals surface area contributed by atoms with Gasteiger partial charge >= 0.3 is 0 Å². The van der Waals surface area contributed by atoms with Gasteiger partial charge in [-0.25, -0.2) is 0 Å². The summed E-state index contributed by atoms with van der Waals surface area (Å²) in [6.07, 6.45) is 43.7. The van der Waals surface area contributed by atoms with E-state index in [-0.39, 0.29) is 12.5 Å². The SMILES string of the molecule is CC/C=C\C/C=C\C/C=C\C/C=C\C/C=C\CCCCCCCCCCCCCCCC(=O)NC(COC1OC(CO)C(OC2OC(CO)C(O)C(O)C2O)C(O)C1O)C(O)CCCCCCCCCCCCCCC. The molecular formula is C62H111NO13. The van der Waals surface area contributed by atoms with Gasteiger partial charge in [0.05, 0.1) is 32.0 Å². The van der Waals surface area contributed by atoms with E-state index in [4.69, 9.17) is 18.9 Å². The van der Waals surface area contributed by atoms with Crippen molar-refractivity contribution in [3.63, 3.8) is 0 Å². The number of hydrogen-bond donors (Lipinski definition) is 9.